The van der Waals surface area contributed by atoms with Gasteiger partial charge in [0.25, 0.3) is 0 Å². The van der Waals surface area contributed by atoms with Gasteiger partial charge in [0.15, 0.2) is 0 Å². The maximum absolute atomic E-state index is 13.7. The number of hydrogen-bond acceptors (Lipinski definition) is 2. The lowest BCUT2D eigenvalue weighted by Gasteiger charge is -2.11. The van der Waals surface area contributed by atoms with Crippen LogP contribution in [0.2, 0.25) is 0 Å². The van der Waals surface area contributed by atoms with Gasteiger partial charge in [0.1, 0.15) is 5.82 Å². The summed E-state index contributed by atoms with van der Waals surface area (Å²) in [6, 6.07) is 13.1. The molecule has 0 bridgehead atoms. The maximum Gasteiger partial charge on any atom is 0.127 e. The Balaban J connectivity index is 1.89. The molecule has 0 fully saturated rings. The van der Waals surface area contributed by atoms with Crippen molar-refractivity contribution in [2.45, 2.75) is 24.3 Å². The minimum absolute atomic E-state index is 0.279. The second kappa shape index (κ2) is 7.25. The highest BCUT2D eigenvalue weighted by molar-refractivity contribution is 9.10. The van der Waals surface area contributed by atoms with Crippen LogP contribution in [0, 0.1) is 12.7 Å². The lowest BCUT2D eigenvalue weighted by Crippen LogP contribution is -2.14. The van der Waals surface area contributed by atoms with Crippen molar-refractivity contribution < 1.29 is 9.50 Å². The fraction of sp³-hybridized carbons (Fsp3) is 0.250. The molecule has 1 atom stereocenters. The molecule has 2 aromatic rings. The summed E-state index contributed by atoms with van der Waals surface area (Å²) in [5.41, 5.74) is 1.76. The van der Waals surface area contributed by atoms with E-state index in [1.54, 1.807) is 23.9 Å². The van der Waals surface area contributed by atoms with Crippen molar-refractivity contribution in [2.24, 2.45) is 0 Å². The fourth-order valence-electron chi connectivity index (χ4n) is 1.83. The molecule has 0 aliphatic carbocycles. The Morgan fingerprint density at radius 2 is 1.90 bits per heavy atom. The van der Waals surface area contributed by atoms with Crippen molar-refractivity contribution in [1.29, 1.82) is 0 Å². The molecule has 0 radical (unpaired) electrons. The molecule has 0 saturated heterocycles. The van der Waals surface area contributed by atoms with Crippen LogP contribution in [-0.2, 0) is 6.42 Å². The van der Waals surface area contributed by atoms with Gasteiger partial charge in [-0.05, 0) is 36.8 Å². The molecular formula is C16H16BrFOS. The maximum atomic E-state index is 13.7. The van der Waals surface area contributed by atoms with Crippen LogP contribution >= 0.6 is 27.7 Å². The highest BCUT2D eigenvalue weighted by Gasteiger charge is 2.10. The van der Waals surface area contributed by atoms with Crippen molar-refractivity contribution in [3.05, 3.63) is 63.9 Å². The molecule has 1 N–H and O–H groups in total. The first-order valence-electron chi connectivity index (χ1n) is 6.36. The Hall–Kier alpha value is -0.840. The van der Waals surface area contributed by atoms with E-state index in [1.807, 2.05) is 31.2 Å². The average Bonchev–Trinajstić information content (AvgIpc) is 2.41. The van der Waals surface area contributed by atoms with Crippen LogP contribution in [0.3, 0.4) is 0 Å². The van der Waals surface area contributed by atoms with Gasteiger partial charge in [0.05, 0.1) is 6.10 Å². The van der Waals surface area contributed by atoms with Gasteiger partial charge >= 0.3 is 0 Å². The first kappa shape index (κ1) is 15.5. The largest absolute Gasteiger partial charge is 0.392 e. The van der Waals surface area contributed by atoms with Crippen LogP contribution in [0.4, 0.5) is 4.39 Å². The number of hydrogen-bond donors (Lipinski definition) is 1. The summed E-state index contributed by atoms with van der Waals surface area (Å²) in [4.78, 5) is 1.12. The smallest absolute Gasteiger partial charge is 0.127 e. The topological polar surface area (TPSA) is 20.2 Å². The zero-order valence-corrected chi connectivity index (χ0v) is 13.5. The van der Waals surface area contributed by atoms with Crippen LogP contribution in [0.25, 0.3) is 0 Å². The lowest BCUT2D eigenvalue weighted by atomic mass is 10.1. The van der Waals surface area contributed by atoms with E-state index < -0.39 is 6.10 Å². The number of aliphatic hydroxyl groups is 1. The summed E-state index contributed by atoms with van der Waals surface area (Å²) < 4.78 is 14.4. The Kier molecular flexibility index (Phi) is 5.64. The molecule has 2 rings (SSSR count). The first-order valence-corrected chi connectivity index (χ1v) is 8.14. The predicted molar refractivity (Wildman–Crippen MR) is 85.7 cm³/mol. The van der Waals surface area contributed by atoms with E-state index in [9.17, 15) is 9.50 Å². The summed E-state index contributed by atoms with van der Waals surface area (Å²) >= 11 is 4.81. The van der Waals surface area contributed by atoms with E-state index in [0.717, 1.165) is 4.90 Å². The van der Waals surface area contributed by atoms with Crippen molar-refractivity contribution in [2.75, 3.05) is 5.75 Å². The Bertz CT molecular complexity index is 571. The number of halogens is 2. The predicted octanol–water partition coefficient (Wildman–Crippen LogP) is 4.59. The molecule has 0 aliphatic heterocycles. The van der Waals surface area contributed by atoms with E-state index in [4.69, 9.17) is 0 Å². The fourth-order valence-corrected chi connectivity index (χ4v) is 2.99. The minimum atomic E-state index is -0.558. The first-order chi connectivity index (χ1) is 9.54. The molecule has 106 valence electrons. The number of thioether (sulfide) groups is 1. The molecule has 0 spiro atoms. The summed E-state index contributed by atoms with van der Waals surface area (Å²) in [6.07, 6.45) is -0.227. The van der Waals surface area contributed by atoms with Crippen molar-refractivity contribution in [1.82, 2.24) is 0 Å². The monoisotopic (exact) mass is 354 g/mol. The van der Waals surface area contributed by atoms with E-state index >= 15 is 0 Å². The number of aliphatic hydroxyl groups excluding tert-OH is 1. The molecule has 0 aliphatic rings. The van der Waals surface area contributed by atoms with Gasteiger partial charge in [-0.3, -0.25) is 0 Å². The molecule has 20 heavy (non-hydrogen) atoms. The summed E-state index contributed by atoms with van der Waals surface area (Å²) in [5, 5.41) is 10.0. The molecule has 0 saturated carbocycles. The SMILES string of the molecule is Cc1ccc(SCC(O)Cc2ccc(Br)cc2F)cc1. The zero-order chi connectivity index (χ0) is 14.5. The Labute approximate surface area is 131 Å². The highest BCUT2D eigenvalue weighted by atomic mass is 79.9. The minimum Gasteiger partial charge on any atom is -0.392 e. The summed E-state index contributed by atoms with van der Waals surface area (Å²) in [7, 11) is 0. The van der Waals surface area contributed by atoms with Crippen LogP contribution in [0.5, 0.6) is 0 Å². The quantitative estimate of drug-likeness (QED) is 0.792. The van der Waals surface area contributed by atoms with Gasteiger partial charge in [-0.2, -0.15) is 0 Å². The Morgan fingerprint density at radius 1 is 1.20 bits per heavy atom. The Morgan fingerprint density at radius 3 is 2.55 bits per heavy atom. The molecular weight excluding hydrogens is 339 g/mol. The van der Waals surface area contributed by atoms with Gasteiger partial charge in [-0.25, -0.2) is 4.39 Å². The van der Waals surface area contributed by atoms with E-state index in [-0.39, 0.29) is 5.82 Å². The zero-order valence-electron chi connectivity index (χ0n) is 11.1. The van der Waals surface area contributed by atoms with E-state index in [2.05, 4.69) is 15.9 Å². The average molecular weight is 355 g/mol. The number of aryl methyl sites for hydroxylation is 1. The van der Waals surface area contributed by atoms with Crippen LogP contribution in [-0.4, -0.2) is 17.0 Å². The molecule has 2 aromatic carbocycles. The van der Waals surface area contributed by atoms with E-state index in [0.29, 0.717) is 22.2 Å². The molecule has 0 amide bonds. The number of rotatable bonds is 5. The van der Waals surface area contributed by atoms with Gasteiger partial charge in [-0.1, -0.05) is 39.7 Å². The molecule has 0 heterocycles. The van der Waals surface area contributed by atoms with Gasteiger partial charge in [0, 0.05) is 21.5 Å². The summed E-state index contributed by atoms with van der Waals surface area (Å²) in [6.45, 7) is 2.04. The second-order valence-electron chi connectivity index (χ2n) is 4.72. The highest BCUT2D eigenvalue weighted by Crippen LogP contribution is 2.22. The van der Waals surface area contributed by atoms with E-state index in [1.165, 1.54) is 11.6 Å². The molecule has 1 unspecified atom stereocenters. The molecule has 0 aromatic heterocycles. The van der Waals surface area contributed by atoms with Crippen LogP contribution in [0.15, 0.2) is 51.8 Å². The summed E-state index contributed by atoms with van der Waals surface area (Å²) in [5.74, 6) is 0.275. The van der Waals surface area contributed by atoms with Crippen LogP contribution in [0.1, 0.15) is 11.1 Å². The van der Waals surface area contributed by atoms with Crippen molar-refractivity contribution in [3.63, 3.8) is 0 Å². The van der Waals surface area contributed by atoms with Crippen LogP contribution < -0.4 is 0 Å². The van der Waals surface area contributed by atoms with Gasteiger partial charge in [0.2, 0.25) is 0 Å². The second-order valence-corrected chi connectivity index (χ2v) is 6.73. The lowest BCUT2D eigenvalue weighted by molar-refractivity contribution is 0.198. The normalized spacial score (nSPS) is 12.4. The molecule has 1 nitrogen and oxygen atoms in total. The van der Waals surface area contributed by atoms with Gasteiger partial charge < -0.3 is 5.11 Å². The molecule has 4 heteroatoms. The third-order valence-electron chi connectivity index (χ3n) is 2.93. The van der Waals surface area contributed by atoms with Crippen molar-refractivity contribution in [3.8, 4) is 0 Å². The van der Waals surface area contributed by atoms with Crippen molar-refractivity contribution >= 4 is 27.7 Å². The third kappa shape index (κ3) is 4.62. The van der Waals surface area contributed by atoms with Gasteiger partial charge in [-0.15, -0.1) is 11.8 Å². The standard InChI is InChI=1S/C16H16BrFOS/c1-11-2-6-15(7-3-11)20-10-14(19)8-12-4-5-13(17)9-16(12)18/h2-7,9,14,19H,8,10H2,1H3. The third-order valence-corrected chi connectivity index (χ3v) is 4.58. The number of benzene rings is 2.